The van der Waals surface area contributed by atoms with Gasteiger partial charge in [0, 0.05) is 5.56 Å². The van der Waals surface area contributed by atoms with Crippen molar-refractivity contribution >= 4 is 11.7 Å². The van der Waals surface area contributed by atoms with Crippen LogP contribution in [0, 0.1) is 11.8 Å². The molecule has 0 saturated heterocycles. The molecule has 0 saturated carbocycles. The highest BCUT2D eigenvalue weighted by molar-refractivity contribution is 5.90. The van der Waals surface area contributed by atoms with Gasteiger partial charge in [0.15, 0.2) is 0 Å². The van der Waals surface area contributed by atoms with Crippen molar-refractivity contribution in [2.45, 2.75) is 6.18 Å². The van der Waals surface area contributed by atoms with Crippen LogP contribution in [0.2, 0.25) is 0 Å². The molecular formula is C12H11F3N2O2. The molecule has 0 aliphatic heterocycles. The number of alkyl halides is 3. The number of carbonyl (C=O) groups is 1. The smallest absolute Gasteiger partial charge is 0.384 e. The Morgan fingerprint density at radius 3 is 2.63 bits per heavy atom. The number of hydrogen-bond acceptors (Lipinski definition) is 2. The summed E-state index contributed by atoms with van der Waals surface area (Å²) in [4.78, 5) is 11.3. The van der Waals surface area contributed by atoms with Crippen LogP contribution in [0.1, 0.15) is 5.56 Å². The van der Waals surface area contributed by atoms with Crippen LogP contribution in [0.15, 0.2) is 24.3 Å². The van der Waals surface area contributed by atoms with Gasteiger partial charge in [0.05, 0.1) is 5.69 Å². The summed E-state index contributed by atoms with van der Waals surface area (Å²) >= 11 is 0. The fourth-order valence-corrected chi connectivity index (χ4v) is 1.18. The van der Waals surface area contributed by atoms with Gasteiger partial charge in [-0.3, -0.25) is 0 Å². The Bertz CT molecular complexity index is 504. The highest BCUT2D eigenvalue weighted by Crippen LogP contribution is 2.14. The average Bonchev–Trinajstić information content (AvgIpc) is 2.34. The van der Waals surface area contributed by atoms with Crippen LogP contribution < -0.4 is 10.6 Å². The van der Waals surface area contributed by atoms with Crippen LogP contribution in [0.25, 0.3) is 0 Å². The molecule has 7 heteroatoms. The van der Waals surface area contributed by atoms with Crippen molar-refractivity contribution < 1.29 is 23.1 Å². The molecule has 0 bridgehead atoms. The van der Waals surface area contributed by atoms with E-state index in [4.69, 9.17) is 5.11 Å². The number of halogens is 3. The molecule has 0 fully saturated rings. The van der Waals surface area contributed by atoms with E-state index in [1.807, 2.05) is 0 Å². The second kappa shape index (κ2) is 6.66. The molecule has 1 aromatic rings. The van der Waals surface area contributed by atoms with Gasteiger partial charge in [-0.05, 0) is 12.1 Å². The highest BCUT2D eigenvalue weighted by atomic mass is 19.4. The number of anilines is 1. The zero-order valence-electron chi connectivity index (χ0n) is 9.71. The van der Waals surface area contributed by atoms with E-state index in [2.05, 4.69) is 17.2 Å². The number of amides is 2. The van der Waals surface area contributed by atoms with Crippen LogP contribution in [0.4, 0.5) is 23.7 Å². The van der Waals surface area contributed by atoms with Crippen molar-refractivity contribution in [2.75, 3.05) is 18.5 Å². The number of nitrogens with one attached hydrogen (secondary N) is 2. The van der Waals surface area contributed by atoms with Gasteiger partial charge in [-0.1, -0.05) is 24.0 Å². The van der Waals surface area contributed by atoms with Crippen molar-refractivity contribution in [3.05, 3.63) is 29.8 Å². The number of aliphatic hydroxyl groups excluding tert-OH is 1. The Morgan fingerprint density at radius 2 is 2.00 bits per heavy atom. The molecule has 19 heavy (non-hydrogen) atoms. The van der Waals surface area contributed by atoms with Crippen molar-refractivity contribution in [3.8, 4) is 11.8 Å². The Morgan fingerprint density at radius 1 is 1.32 bits per heavy atom. The Hall–Kier alpha value is -2.20. The second-order valence-corrected chi connectivity index (χ2v) is 3.43. The number of rotatable bonds is 2. The summed E-state index contributed by atoms with van der Waals surface area (Å²) in [6, 6.07) is 5.34. The number of benzene rings is 1. The van der Waals surface area contributed by atoms with Gasteiger partial charge in [0.25, 0.3) is 0 Å². The molecule has 0 aliphatic rings. The molecule has 3 N–H and O–H groups in total. The van der Waals surface area contributed by atoms with Gasteiger partial charge >= 0.3 is 12.2 Å². The predicted molar refractivity (Wildman–Crippen MR) is 63.5 cm³/mol. The van der Waals surface area contributed by atoms with E-state index in [0.717, 1.165) is 0 Å². The lowest BCUT2D eigenvalue weighted by Gasteiger charge is -2.10. The van der Waals surface area contributed by atoms with Crippen molar-refractivity contribution in [1.29, 1.82) is 0 Å². The minimum absolute atomic E-state index is 0.267. The minimum atomic E-state index is -4.46. The van der Waals surface area contributed by atoms with Gasteiger partial charge in [0.1, 0.15) is 13.2 Å². The molecule has 0 heterocycles. The molecule has 0 spiro atoms. The molecule has 1 rings (SSSR count). The number of urea groups is 1. The molecule has 4 nitrogen and oxygen atoms in total. The summed E-state index contributed by atoms with van der Waals surface area (Å²) in [7, 11) is 0. The summed E-state index contributed by atoms with van der Waals surface area (Å²) in [5.41, 5.74) is 0.668. The SMILES string of the molecule is O=C(NCC(F)(F)F)Nc1ccccc1C#CCO. The Labute approximate surface area is 107 Å². The first kappa shape index (κ1) is 14.9. The van der Waals surface area contributed by atoms with Crippen molar-refractivity contribution in [3.63, 3.8) is 0 Å². The lowest BCUT2D eigenvalue weighted by Crippen LogP contribution is -2.36. The molecule has 0 atom stereocenters. The summed E-state index contributed by atoms with van der Waals surface area (Å²) in [6.45, 7) is -1.77. The van der Waals surface area contributed by atoms with E-state index in [0.29, 0.717) is 5.56 Å². The first-order chi connectivity index (χ1) is 8.92. The maximum Gasteiger partial charge on any atom is 0.405 e. The summed E-state index contributed by atoms with van der Waals surface area (Å²) in [5.74, 6) is 4.96. The van der Waals surface area contributed by atoms with Crippen LogP contribution in [0.3, 0.4) is 0 Å². The Kier molecular flexibility index (Phi) is 5.21. The third-order valence-corrected chi connectivity index (χ3v) is 1.93. The van der Waals surface area contributed by atoms with Crippen LogP contribution in [-0.2, 0) is 0 Å². The van der Waals surface area contributed by atoms with Crippen LogP contribution in [-0.4, -0.2) is 30.5 Å². The monoisotopic (exact) mass is 272 g/mol. The predicted octanol–water partition coefficient (Wildman–Crippen LogP) is 1.71. The van der Waals surface area contributed by atoms with Gasteiger partial charge in [-0.2, -0.15) is 13.2 Å². The quantitative estimate of drug-likeness (QED) is 0.718. The molecule has 2 amide bonds. The lowest BCUT2D eigenvalue weighted by atomic mass is 10.2. The summed E-state index contributed by atoms with van der Waals surface area (Å²) in [5, 5.41) is 12.5. The van der Waals surface area contributed by atoms with Crippen LogP contribution >= 0.6 is 0 Å². The third-order valence-electron chi connectivity index (χ3n) is 1.93. The maximum atomic E-state index is 11.9. The van der Waals surface area contributed by atoms with Gasteiger partial charge in [-0.25, -0.2) is 4.79 Å². The molecule has 0 unspecified atom stereocenters. The van der Waals surface area contributed by atoms with Crippen molar-refractivity contribution in [2.24, 2.45) is 0 Å². The largest absolute Gasteiger partial charge is 0.405 e. The third kappa shape index (κ3) is 5.79. The van der Waals surface area contributed by atoms with E-state index in [-0.39, 0.29) is 12.3 Å². The van der Waals surface area contributed by atoms with Crippen LogP contribution in [0.5, 0.6) is 0 Å². The number of para-hydroxylation sites is 1. The highest BCUT2D eigenvalue weighted by Gasteiger charge is 2.27. The summed E-state index contributed by atoms with van der Waals surface area (Å²) < 4.78 is 35.7. The first-order valence-corrected chi connectivity index (χ1v) is 5.23. The zero-order chi connectivity index (χ0) is 14.3. The number of aliphatic hydroxyl groups is 1. The van der Waals surface area contributed by atoms with Gasteiger partial charge < -0.3 is 15.7 Å². The lowest BCUT2D eigenvalue weighted by molar-refractivity contribution is -0.122. The molecule has 102 valence electrons. The molecule has 1 aromatic carbocycles. The number of carbonyl (C=O) groups excluding carboxylic acids is 1. The molecule has 0 aromatic heterocycles. The molecular weight excluding hydrogens is 261 g/mol. The normalized spacial score (nSPS) is 10.3. The maximum absolute atomic E-state index is 11.9. The molecule has 0 aliphatic carbocycles. The fraction of sp³-hybridized carbons (Fsp3) is 0.250. The average molecular weight is 272 g/mol. The van der Waals surface area contributed by atoms with Gasteiger partial charge in [-0.15, -0.1) is 0 Å². The van der Waals surface area contributed by atoms with Crippen molar-refractivity contribution in [1.82, 2.24) is 5.32 Å². The van der Waals surface area contributed by atoms with E-state index in [1.165, 1.54) is 6.07 Å². The van der Waals surface area contributed by atoms with Gasteiger partial charge in [0.2, 0.25) is 0 Å². The second-order valence-electron chi connectivity index (χ2n) is 3.43. The first-order valence-electron chi connectivity index (χ1n) is 5.23. The fourth-order valence-electron chi connectivity index (χ4n) is 1.18. The molecule has 0 radical (unpaired) electrons. The van der Waals surface area contributed by atoms with E-state index >= 15 is 0 Å². The van der Waals surface area contributed by atoms with E-state index in [9.17, 15) is 18.0 Å². The topological polar surface area (TPSA) is 61.4 Å². The standard InChI is InChI=1S/C12H11F3N2O2/c13-12(14,15)8-16-11(19)17-10-6-2-1-4-9(10)5-3-7-18/h1-2,4,6,18H,7-8H2,(H2,16,17,19). The minimum Gasteiger partial charge on any atom is -0.384 e. The summed E-state index contributed by atoms with van der Waals surface area (Å²) in [6.07, 6.45) is -4.46. The number of hydrogen-bond donors (Lipinski definition) is 3. The Balaban J connectivity index is 2.69. The van der Waals surface area contributed by atoms with E-state index in [1.54, 1.807) is 23.5 Å². The van der Waals surface area contributed by atoms with E-state index < -0.39 is 18.8 Å². The zero-order valence-corrected chi connectivity index (χ0v) is 9.71.